The Kier molecular flexibility index (Phi) is 7.99. The molecule has 0 fully saturated rings. The van der Waals surface area contributed by atoms with Crippen LogP contribution in [0.25, 0.3) is 65.3 Å². The van der Waals surface area contributed by atoms with E-state index >= 15 is 0 Å². The van der Waals surface area contributed by atoms with Crippen molar-refractivity contribution in [1.29, 1.82) is 5.41 Å². The Morgan fingerprint density at radius 2 is 0.942 bits per heavy atom. The molecule has 3 nitrogen and oxygen atoms in total. The molecule has 0 radical (unpaired) electrons. The average molecular weight is 664 g/mol. The normalized spacial score (nSPS) is 12.0. The summed E-state index contributed by atoms with van der Waals surface area (Å²) in [5.74, 6) is 0.628. The largest absolute Gasteiger partial charge is 0.282 e. The summed E-state index contributed by atoms with van der Waals surface area (Å²) < 4.78 is 0. The number of benzene rings is 9. The lowest BCUT2D eigenvalue weighted by atomic mass is 9.94. The molecule has 0 aliphatic rings. The number of hydrogen-bond acceptors (Lipinski definition) is 1. The van der Waals surface area contributed by atoms with E-state index in [1.807, 2.05) is 48.7 Å². The summed E-state index contributed by atoms with van der Waals surface area (Å²) in [5.41, 5.74) is 7.07. The Labute approximate surface area is 302 Å². The third kappa shape index (κ3) is 5.95. The lowest BCUT2D eigenvalue weighted by molar-refractivity contribution is 1.40. The minimum atomic E-state index is 0.152. The van der Waals surface area contributed by atoms with Crippen LogP contribution in [0.3, 0.4) is 0 Å². The van der Waals surface area contributed by atoms with Crippen molar-refractivity contribution in [2.24, 2.45) is 9.98 Å². The molecule has 0 bridgehead atoms. The van der Waals surface area contributed by atoms with Gasteiger partial charge in [0.2, 0.25) is 0 Å². The average Bonchev–Trinajstić information content (AvgIpc) is 3.22. The highest BCUT2D eigenvalue weighted by atomic mass is 14.9. The molecule has 9 aromatic rings. The maximum absolute atomic E-state index is 9.11. The van der Waals surface area contributed by atoms with E-state index in [1.54, 1.807) is 0 Å². The predicted molar refractivity (Wildman–Crippen MR) is 221 cm³/mol. The predicted octanol–water partition coefficient (Wildman–Crippen LogP) is 12.5. The molecule has 0 saturated carbocycles. The van der Waals surface area contributed by atoms with Crippen LogP contribution in [-0.4, -0.2) is 17.9 Å². The summed E-state index contributed by atoms with van der Waals surface area (Å²) in [7, 11) is 0. The number of nitrogens with zero attached hydrogens (tertiary/aromatic N) is 2. The van der Waals surface area contributed by atoms with Gasteiger partial charge in [-0.1, -0.05) is 176 Å². The van der Waals surface area contributed by atoms with Gasteiger partial charge in [-0.05, 0) is 77.5 Å². The first kappa shape index (κ1) is 31.0. The highest BCUT2D eigenvalue weighted by molar-refractivity contribution is 6.22. The van der Waals surface area contributed by atoms with E-state index in [4.69, 9.17) is 15.4 Å². The van der Waals surface area contributed by atoms with E-state index in [-0.39, 0.29) is 5.84 Å². The van der Waals surface area contributed by atoms with Gasteiger partial charge < -0.3 is 0 Å². The van der Waals surface area contributed by atoms with E-state index in [0.717, 1.165) is 55.1 Å². The zero-order chi connectivity index (χ0) is 34.9. The molecule has 52 heavy (non-hydrogen) atoms. The zero-order valence-electron chi connectivity index (χ0n) is 28.4. The molecule has 0 amide bonds. The molecule has 244 valence electrons. The fourth-order valence-corrected chi connectivity index (χ4v) is 7.09. The highest BCUT2D eigenvalue weighted by Gasteiger charge is 2.12. The smallest absolute Gasteiger partial charge is 0.161 e. The van der Waals surface area contributed by atoms with Gasteiger partial charge in [-0.3, -0.25) is 5.41 Å². The van der Waals surface area contributed by atoms with Gasteiger partial charge in [0.25, 0.3) is 0 Å². The van der Waals surface area contributed by atoms with Gasteiger partial charge in [-0.15, -0.1) is 0 Å². The second kappa shape index (κ2) is 13.4. The van der Waals surface area contributed by atoms with Crippen molar-refractivity contribution in [2.75, 3.05) is 0 Å². The maximum atomic E-state index is 9.11. The van der Waals surface area contributed by atoms with E-state index < -0.39 is 0 Å². The van der Waals surface area contributed by atoms with Crippen LogP contribution < -0.4 is 0 Å². The van der Waals surface area contributed by atoms with Crippen LogP contribution >= 0.6 is 0 Å². The molecule has 1 N–H and O–H groups in total. The van der Waals surface area contributed by atoms with Crippen molar-refractivity contribution < 1.29 is 0 Å². The first-order chi connectivity index (χ1) is 25.7. The van der Waals surface area contributed by atoms with Crippen LogP contribution in [0.5, 0.6) is 0 Å². The summed E-state index contributed by atoms with van der Waals surface area (Å²) in [4.78, 5) is 9.99. The monoisotopic (exact) mass is 663 g/mol. The van der Waals surface area contributed by atoms with Crippen molar-refractivity contribution in [1.82, 2.24) is 0 Å². The molecular weight excluding hydrogens is 631 g/mol. The maximum Gasteiger partial charge on any atom is 0.161 e. The lowest BCUT2D eigenvalue weighted by Gasteiger charge is -2.11. The molecular formula is C49H33N3. The van der Waals surface area contributed by atoms with Crippen molar-refractivity contribution in [3.63, 3.8) is 0 Å². The minimum Gasteiger partial charge on any atom is -0.282 e. The van der Waals surface area contributed by atoms with E-state index in [9.17, 15) is 0 Å². The zero-order valence-corrected chi connectivity index (χ0v) is 28.4. The van der Waals surface area contributed by atoms with Crippen molar-refractivity contribution in [3.8, 4) is 22.3 Å². The van der Waals surface area contributed by atoms with Crippen LogP contribution in [0.2, 0.25) is 0 Å². The third-order valence-corrected chi connectivity index (χ3v) is 9.84. The van der Waals surface area contributed by atoms with Gasteiger partial charge in [-0.2, -0.15) is 0 Å². The molecule has 3 heteroatoms. The van der Waals surface area contributed by atoms with Gasteiger partial charge in [0, 0.05) is 22.9 Å². The van der Waals surface area contributed by atoms with Crippen molar-refractivity contribution in [2.45, 2.75) is 0 Å². The van der Waals surface area contributed by atoms with Gasteiger partial charge in [0.1, 0.15) is 0 Å². The fraction of sp³-hybridized carbons (Fsp3) is 0. The molecule has 9 rings (SSSR count). The fourth-order valence-electron chi connectivity index (χ4n) is 7.09. The summed E-state index contributed by atoms with van der Waals surface area (Å²) in [6.45, 7) is 0. The second-order valence-corrected chi connectivity index (χ2v) is 13.0. The Morgan fingerprint density at radius 3 is 1.71 bits per heavy atom. The van der Waals surface area contributed by atoms with Crippen LogP contribution in [-0.2, 0) is 0 Å². The quantitative estimate of drug-likeness (QED) is 0.0825. The van der Waals surface area contributed by atoms with Gasteiger partial charge >= 0.3 is 0 Å². The molecule has 0 aromatic heterocycles. The van der Waals surface area contributed by atoms with Crippen LogP contribution in [0.15, 0.2) is 198 Å². The lowest BCUT2D eigenvalue weighted by Crippen LogP contribution is -2.05. The van der Waals surface area contributed by atoms with Gasteiger partial charge in [-0.25, -0.2) is 9.98 Å². The van der Waals surface area contributed by atoms with E-state index in [1.165, 1.54) is 26.9 Å². The first-order valence-electron chi connectivity index (χ1n) is 17.5. The Balaban J connectivity index is 1.15. The molecule has 0 heterocycles. The second-order valence-electron chi connectivity index (χ2n) is 13.0. The topological polar surface area (TPSA) is 48.6 Å². The number of amidine groups is 2. The SMILES string of the molecule is N=C(N=C(N=Cc1c2ccccc2cc2c1ccc1ccccc12)c1ccc(-c2ccc3ccccc3c2)cc1)c1ccc(-c2ccccc2)cc1. The molecule has 0 unspecified atom stereocenters. The first-order valence-corrected chi connectivity index (χ1v) is 17.5. The standard InChI is InChI=1S/C49H33N3/c50-48(38-23-18-35(19-24-38)33-10-2-1-3-11-33)52-49(39-25-20-36(21-26-39)41-27-22-34-12-4-5-14-40(34)30-41)51-32-47-44-17-9-7-15-42(44)31-46-43-16-8-6-13-37(43)28-29-45(46)47/h1-32,50H. The minimum absolute atomic E-state index is 0.152. The molecule has 0 saturated heterocycles. The summed E-state index contributed by atoms with van der Waals surface area (Å²) in [6.07, 6.45) is 1.93. The molecule has 0 aliphatic carbocycles. The summed E-state index contributed by atoms with van der Waals surface area (Å²) >= 11 is 0. The van der Waals surface area contributed by atoms with Crippen molar-refractivity contribution in [3.05, 3.63) is 205 Å². The molecule has 9 aromatic carbocycles. The third-order valence-electron chi connectivity index (χ3n) is 9.84. The molecule has 0 aliphatic heterocycles. The number of hydrogen-bond donors (Lipinski definition) is 1. The van der Waals surface area contributed by atoms with Gasteiger partial charge in [0.05, 0.1) is 0 Å². The molecule has 0 spiro atoms. The number of nitrogens with one attached hydrogen (secondary N) is 1. The number of fused-ring (bicyclic) bond motifs is 5. The number of rotatable bonds is 5. The summed E-state index contributed by atoms with van der Waals surface area (Å²) in [6, 6.07) is 65.2. The van der Waals surface area contributed by atoms with E-state index in [0.29, 0.717) is 5.84 Å². The van der Waals surface area contributed by atoms with E-state index in [2.05, 4.69) is 146 Å². The Bertz CT molecular complexity index is 2830. The van der Waals surface area contributed by atoms with Crippen LogP contribution in [0.1, 0.15) is 16.7 Å². The summed E-state index contributed by atoms with van der Waals surface area (Å²) in [5, 5.41) is 18.5. The molecule has 0 atom stereocenters. The van der Waals surface area contributed by atoms with Crippen LogP contribution in [0, 0.1) is 5.41 Å². The van der Waals surface area contributed by atoms with Crippen molar-refractivity contribution >= 4 is 61.0 Å². The Hall–Kier alpha value is -6.97. The van der Waals surface area contributed by atoms with Crippen LogP contribution in [0.4, 0.5) is 0 Å². The highest BCUT2D eigenvalue weighted by Crippen LogP contribution is 2.33. The van der Waals surface area contributed by atoms with Gasteiger partial charge in [0.15, 0.2) is 11.7 Å². The number of aliphatic imine (C=N–C) groups is 2. The Morgan fingerprint density at radius 1 is 0.385 bits per heavy atom.